The predicted molar refractivity (Wildman–Crippen MR) is 67.2 cm³/mol. The van der Waals surface area contributed by atoms with Crippen LogP contribution in [0.5, 0.6) is 0 Å². The number of nitrogens with one attached hydrogen (secondary N) is 1. The van der Waals surface area contributed by atoms with Gasteiger partial charge in [0.2, 0.25) is 5.91 Å². The number of esters is 1. The monoisotopic (exact) mass is 286 g/mol. The van der Waals surface area contributed by atoms with Gasteiger partial charge in [0, 0.05) is 18.2 Å². The lowest BCUT2D eigenvalue weighted by atomic mass is 10.0. The van der Waals surface area contributed by atoms with Crippen LogP contribution >= 0.6 is 11.8 Å². The van der Waals surface area contributed by atoms with Crippen molar-refractivity contribution >= 4 is 29.6 Å². The van der Waals surface area contributed by atoms with Gasteiger partial charge in [-0.25, -0.2) is 4.79 Å². The number of aliphatic carboxylic acids is 1. The number of carboxylic acids is 1. The van der Waals surface area contributed by atoms with E-state index in [1.54, 1.807) is 7.05 Å². The molecule has 0 aromatic rings. The Kier molecular flexibility index (Phi) is 3.81. The number of β-lactam (4-membered cyclic amide) rings is 1. The molecule has 2 N–H and O–H groups in total. The highest BCUT2D eigenvalue weighted by Gasteiger charge is 2.52. The van der Waals surface area contributed by atoms with Crippen molar-refractivity contribution in [1.82, 2.24) is 10.2 Å². The minimum atomic E-state index is -1.17. The summed E-state index contributed by atoms with van der Waals surface area (Å²) >= 11 is 1.46. The zero-order valence-electron chi connectivity index (χ0n) is 10.5. The van der Waals surface area contributed by atoms with Crippen LogP contribution in [0.15, 0.2) is 11.3 Å². The first-order valence-corrected chi connectivity index (χ1v) is 6.73. The van der Waals surface area contributed by atoms with Crippen LogP contribution < -0.4 is 5.32 Å². The highest BCUT2D eigenvalue weighted by molar-refractivity contribution is 8.00. The maximum absolute atomic E-state index is 11.9. The van der Waals surface area contributed by atoms with Crippen molar-refractivity contribution in [3.8, 4) is 0 Å². The summed E-state index contributed by atoms with van der Waals surface area (Å²) in [6.07, 6.45) is 0. The van der Waals surface area contributed by atoms with E-state index in [-0.39, 0.29) is 29.6 Å². The second-order valence-corrected chi connectivity index (χ2v) is 5.32. The molecule has 104 valence electrons. The van der Waals surface area contributed by atoms with Crippen LogP contribution in [0.2, 0.25) is 0 Å². The smallest absolute Gasteiger partial charge is 0.352 e. The number of nitrogens with zero attached hydrogens (tertiary/aromatic N) is 1. The van der Waals surface area contributed by atoms with Gasteiger partial charge in [0.15, 0.2) is 0 Å². The summed E-state index contributed by atoms with van der Waals surface area (Å²) in [6.45, 7) is 1.16. The molecule has 19 heavy (non-hydrogen) atoms. The van der Waals surface area contributed by atoms with Gasteiger partial charge >= 0.3 is 11.9 Å². The molecule has 2 aliphatic heterocycles. The zero-order valence-corrected chi connectivity index (χ0v) is 11.3. The summed E-state index contributed by atoms with van der Waals surface area (Å²) in [4.78, 5) is 35.2. The van der Waals surface area contributed by atoms with Crippen molar-refractivity contribution in [3.63, 3.8) is 0 Å². The number of thioether (sulfide) groups is 1. The normalized spacial score (nSPS) is 25.8. The van der Waals surface area contributed by atoms with Crippen LogP contribution in [-0.2, 0) is 19.1 Å². The van der Waals surface area contributed by atoms with E-state index in [4.69, 9.17) is 4.74 Å². The molecule has 1 fully saturated rings. The first kappa shape index (κ1) is 13.9. The van der Waals surface area contributed by atoms with Gasteiger partial charge in [-0.1, -0.05) is 0 Å². The third-order valence-corrected chi connectivity index (χ3v) is 4.35. The number of fused-ring (bicyclic) bond motifs is 1. The van der Waals surface area contributed by atoms with Crippen molar-refractivity contribution in [3.05, 3.63) is 11.3 Å². The number of rotatable bonds is 4. The average molecular weight is 286 g/mol. The molecule has 2 heterocycles. The molecule has 0 spiro atoms. The fourth-order valence-electron chi connectivity index (χ4n) is 2.12. The van der Waals surface area contributed by atoms with Crippen molar-refractivity contribution in [2.45, 2.75) is 18.3 Å². The zero-order chi connectivity index (χ0) is 14.2. The highest BCUT2D eigenvalue weighted by Crippen LogP contribution is 2.40. The average Bonchev–Trinajstić information content (AvgIpc) is 2.35. The SMILES string of the molecule is CNC1C(=O)N2C(C(=O)O)=C(COC(C)=O)CSC12. The molecular formula is C11H14N2O5S. The van der Waals surface area contributed by atoms with Gasteiger partial charge < -0.3 is 15.2 Å². The predicted octanol–water partition coefficient (Wildman–Crippen LogP) is -0.609. The molecule has 0 radical (unpaired) electrons. The number of ether oxygens (including phenoxy) is 1. The number of likely N-dealkylation sites (N-methyl/N-ethyl adjacent to an activating group) is 1. The van der Waals surface area contributed by atoms with Gasteiger partial charge in [0.05, 0.1) is 0 Å². The Morgan fingerprint density at radius 1 is 1.58 bits per heavy atom. The molecule has 7 nitrogen and oxygen atoms in total. The van der Waals surface area contributed by atoms with Gasteiger partial charge in [0.1, 0.15) is 23.7 Å². The van der Waals surface area contributed by atoms with E-state index in [0.717, 1.165) is 0 Å². The maximum Gasteiger partial charge on any atom is 0.352 e. The van der Waals surface area contributed by atoms with Gasteiger partial charge in [-0.05, 0) is 7.05 Å². The topological polar surface area (TPSA) is 95.9 Å². The van der Waals surface area contributed by atoms with E-state index in [1.165, 1.54) is 23.6 Å². The van der Waals surface area contributed by atoms with E-state index in [0.29, 0.717) is 11.3 Å². The highest BCUT2D eigenvalue weighted by atomic mass is 32.2. The molecule has 8 heteroatoms. The largest absolute Gasteiger partial charge is 0.477 e. The Morgan fingerprint density at radius 3 is 2.79 bits per heavy atom. The summed E-state index contributed by atoms with van der Waals surface area (Å²) in [5.41, 5.74) is 0.397. The van der Waals surface area contributed by atoms with Crippen LogP contribution in [0.3, 0.4) is 0 Å². The number of carbonyl (C=O) groups is 3. The molecule has 2 rings (SSSR count). The molecule has 2 unspecified atom stereocenters. The second-order valence-electron chi connectivity index (χ2n) is 4.21. The van der Waals surface area contributed by atoms with E-state index < -0.39 is 11.9 Å². The van der Waals surface area contributed by atoms with Crippen LogP contribution in [0, 0.1) is 0 Å². The number of amides is 1. The van der Waals surface area contributed by atoms with Crippen LogP contribution in [0.4, 0.5) is 0 Å². The molecule has 2 atom stereocenters. The van der Waals surface area contributed by atoms with Crippen molar-refractivity contribution in [2.24, 2.45) is 0 Å². The van der Waals surface area contributed by atoms with Gasteiger partial charge in [-0.3, -0.25) is 14.5 Å². The molecule has 0 aliphatic carbocycles. The fraction of sp³-hybridized carbons (Fsp3) is 0.545. The summed E-state index contributed by atoms with van der Waals surface area (Å²) in [5.74, 6) is -1.48. The summed E-state index contributed by atoms with van der Waals surface area (Å²) < 4.78 is 4.83. The van der Waals surface area contributed by atoms with E-state index in [2.05, 4.69) is 5.32 Å². The fourth-order valence-corrected chi connectivity index (χ4v) is 3.51. The Bertz CT molecular complexity index is 476. The standard InChI is InChI=1S/C11H14N2O5S/c1-5(14)18-3-6-4-19-10-7(12-2)9(15)13(10)8(6)11(16)17/h7,10,12H,3-4H2,1-2H3,(H,16,17). The van der Waals surface area contributed by atoms with Crippen molar-refractivity contribution in [2.75, 3.05) is 19.4 Å². The molecular weight excluding hydrogens is 272 g/mol. The van der Waals surface area contributed by atoms with E-state index >= 15 is 0 Å². The molecule has 2 aliphatic rings. The summed E-state index contributed by atoms with van der Waals surface area (Å²) in [6, 6.07) is -0.352. The van der Waals surface area contributed by atoms with Crippen molar-refractivity contribution in [1.29, 1.82) is 0 Å². The Morgan fingerprint density at radius 2 is 2.26 bits per heavy atom. The second kappa shape index (κ2) is 5.22. The minimum absolute atomic E-state index is 0.0542. The summed E-state index contributed by atoms with van der Waals surface area (Å²) in [5, 5.41) is 11.9. The van der Waals surface area contributed by atoms with Gasteiger partial charge in [-0.15, -0.1) is 11.8 Å². The number of hydrogen-bond acceptors (Lipinski definition) is 6. The molecule has 0 aromatic heterocycles. The lowest BCUT2D eigenvalue weighted by Gasteiger charge is -2.49. The van der Waals surface area contributed by atoms with E-state index in [9.17, 15) is 19.5 Å². The Hall–Kier alpha value is -1.54. The number of carbonyl (C=O) groups excluding carboxylic acids is 2. The number of hydrogen-bond donors (Lipinski definition) is 2. The van der Waals surface area contributed by atoms with Gasteiger partial charge in [-0.2, -0.15) is 0 Å². The minimum Gasteiger partial charge on any atom is -0.477 e. The first-order valence-electron chi connectivity index (χ1n) is 5.68. The summed E-state index contributed by atoms with van der Waals surface area (Å²) in [7, 11) is 1.67. The molecule has 0 bridgehead atoms. The van der Waals surface area contributed by atoms with Crippen molar-refractivity contribution < 1.29 is 24.2 Å². The third kappa shape index (κ3) is 2.33. The molecule has 1 saturated heterocycles. The third-order valence-electron chi connectivity index (χ3n) is 3.01. The Balaban J connectivity index is 2.25. The molecule has 1 amide bonds. The Labute approximate surface area is 114 Å². The lowest BCUT2D eigenvalue weighted by Crippen LogP contribution is -2.69. The van der Waals surface area contributed by atoms with E-state index in [1.807, 2.05) is 0 Å². The van der Waals surface area contributed by atoms with Crippen LogP contribution in [0.1, 0.15) is 6.92 Å². The lowest BCUT2D eigenvalue weighted by molar-refractivity contribution is -0.149. The van der Waals surface area contributed by atoms with Gasteiger partial charge in [0.25, 0.3) is 0 Å². The van der Waals surface area contributed by atoms with Crippen LogP contribution in [0.25, 0.3) is 0 Å². The molecule has 0 saturated carbocycles. The number of carboxylic acid groups (broad SMARTS) is 1. The molecule has 0 aromatic carbocycles. The van der Waals surface area contributed by atoms with Crippen LogP contribution in [-0.4, -0.2) is 58.7 Å². The maximum atomic E-state index is 11.9. The first-order chi connectivity index (χ1) is 8.97. The quantitative estimate of drug-likeness (QED) is 0.526.